The summed E-state index contributed by atoms with van der Waals surface area (Å²) in [7, 11) is 0. The fraction of sp³-hybridized carbons (Fsp3) is 0.444. The highest BCUT2D eigenvalue weighted by Gasteiger charge is 2.31. The van der Waals surface area contributed by atoms with Gasteiger partial charge in [-0.05, 0) is 41.9 Å². The first-order valence-electron chi connectivity index (χ1n) is 11.9. The van der Waals surface area contributed by atoms with Crippen LogP contribution in [0.4, 0.5) is 0 Å². The summed E-state index contributed by atoms with van der Waals surface area (Å²) in [5.41, 5.74) is 1.90. The molecule has 2 aromatic carbocycles. The van der Waals surface area contributed by atoms with E-state index in [1.54, 1.807) is 0 Å². The predicted octanol–water partition coefficient (Wildman–Crippen LogP) is 5.41. The molecule has 0 radical (unpaired) electrons. The van der Waals surface area contributed by atoms with Crippen LogP contribution < -0.4 is 10.9 Å². The van der Waals surface area contributed by atoms with Gasteiger partial charge in [-0.3, -0.25) is 14.2 Å². The Morgan fingerprint density at radius 3 is 2.64 bits per heavy atom. The zero-order valence-corrected chi connectivity index (χ0v) is 20.5. The molecule has 174 valence electrons. The minimum Gasteiger partial charge on any atom is -0.355 e. The van der Waals surface area contributed by atoms with E-state index in [0.29, 0.717) is 34.4 Å². The second-order valence-corrected chi connectivity index (χ2v) is 10.3. The van der Waals surface area contributed by atoms with Crippen LogP contribution in [0, 0.1) is 11.8 Å². The minimum absolute atomic E-state index is 0.00663. The van der Waals surface area contributed by atoms with Crippen molar-refractivity contribution in [1.82, 2.24) is 14.9 Å². The molecule has 0 bridgehead atoms. The molecular formula is C27H33N3O2S. The second kappa shape index (κ2) is 10.6. The number of rotatable bonds is 7. The van der Waals surface area contributed by atoms with Crippen LogP contribution >= 0.6 is 11.8 Å². The zero-order valence-electron chi connectivity index (χ0n) is 19.7. The monoisotopic (exact) mass is 463 g/mol. The van der Waals surface area contributed by atoms with Crippen molar-refractivity contribution in [2.45, 2.75) is 57.1 Å². The Morgan fingerprint density at radius 2 is 1.85 bits per heavy atom. The van der Waals surface area contributed by atoms with E-state index < -0.39 is 0 Å². The van der Waals surface area contributed by atoms with Crippen LogP contribution in [0.3, 0.4) is 0 Å². The van der Waals surface area contributed by atoms with Crippen molar-refractivity contribution in [1.29, 1.82) is 0 Å². The maximum atomic E-state index is 13.5. The van der Waals surface area contributed by atoms with Gasteiger partial charge in [-0.15, -0.1) is 0 Å². The molecule has 4 unspecified atom stereocenters. The topological polar surface area (TPSA) is 64.0 Å². The summed E-state index contributed by atoms with van der Waals surface area (Å²) in [4.78, 5) is 31.0. The minimum atomic E-state index is -0.0400. The van der Waals surface area contributed by atoms with E-state index in [1.165, 1.54) is 23.7 Å². The number of thioether (sulfide) groups is 1. The van der Waals surface area contributed by atoms with Gasteiger partial charge < -0.3 is 5.32 Å². The summed E-state index contributed by atoms with van der Waals surface area (Å²) >= 11 is 1.37. The average molecular weight is 464 g/mol. The summed E-state index contributed by atoms with van der Waals surface area (Å²) in [5.74, 6) is 1.38. The molecule has 3 aromatic rings. The molecule has 0 saturated heterocycles. The van der Waals surface area contributed by atoms with Crippen LogP contribution in [0.2, 0.25) is 0 Å². The van der Waals surface area contributed by atoms with Crippen LogP contribution in [-0.4, -0.2) is 27.8 Å². The third kappa shape index (κ3) is 5.32. The van der Waals surface area contributed by atoms with Gasteiger partial charge >= 0.3 is 0 Å². The third-order valence-electron chi connectivity index (χ3n) is 7.08. The molecule has 1 saturated carbocycles. The summed E-state index contributed by atoms with van der Waals surface area (Å²) in [6.45, 7) is 7.20. The molecule has 0 spiro atoms. The van der Waals surface area contributed by atoms with Gasteiger partial charge in [0.15, 0.2) is 5.16 Å². The van der Waals surface area contributed by atoms with Crippen molar-refractivity contribution in [2.75, 3.05) is 12.3 Å². The zero-order chi connectivity index (χ0) is 23.4. The summed E-state index contributed by atoms with van der Waals surface area (Å²) in [6.07, 6.45) is 3.27. The normalized spacial score (nSPS) is 21.6. The van der Waals surface area contributed by atoms with Crippen molar-refractivity contribution in [3.63, 3.8) is 0 Å². The third-order valence-corrected chi connectivity index (χ3v) is 8.03. The van der Waals surface area contributed by atoms with Gasteiger partial charge in [0, 0.05) is 12.6 Å². The average Bonchev–Trinajstić information content (AvgIpc) is 2.84. The van der Waals surface area contributed by atoms with Crippen molar-refractivity contribution in [3.05, 3.63) is 70.5 Å². The maximum Gasteiger partial charge on any atom is 0.262 e. The first-order chi connectivity index (χ1) is 16.0. The number of carbonyl (C=O) groups is 1. The van der Waals surface area contributed by atoms with E-state index in [1.807, 2.05) is 47.0 Å². The van der Waals surface area contributed by atoms with Crippen LogP contribution in [0.5, 0.6) is 0 Å². The number of carbonyl (C=O) groups excluding carboxylic acids is 1. The van der Waals surface area contributed by atoms with Crippen LogP contribution in [0.15, 0.2) is 64.5 Å². The highest BCUT2D eigenvalue weighted by Crippen LogP contribution is 2.38. The highest BCUT2D eigenvalue weighted by molar-refractivity contribution is 7.99. The van der Waals surface area contributed by atoms with Crippen molar-refractivity contribution in [2.24, 2.45) is 11.8 Å². The van der Waals surface area contributed by atoms with Gasteiger partial charge in [-0.1, -0.05) is 87.8 Å². The van der Waals surface area contributed by atoms with E-state index in [2.05, 4.69) is 38.2 Å². The smallest absolute Gasteiger partial charge is 0.262 e. The molecule has 4 atom stereocenters. The van der Waals surface area contributed by atoms with Gasteiger partial charge in [-0.2, -0.15) is 0 Å². The molecule has 1 aliphatic carbocycles. The number of amides is 1. The number of hydrogen-bond acceptors (Lipinski definition) is 4. The molecule has 1 aliphatic rings. The quantitative estimate of drug-likeness (QED) is 0.376. The molecule has 1 N–H and O–H groups in total. The standard InChI is InChI=1S/C27H33N3O2S/c1-18-10-9-15-24(20(18)3)30-26(32)22-13-7-8-14-23(22)29-27(30)33-17-25(31)28-16-19(2)21-11-5-4-6-12-21/h4-8,11-14,18-20,24H,9-10,15-17H2,1-3H3,(H,28,31). The summed E-state index contributed by atoms with van der Waals surface area (Å²) < 4.78 is 1.88. The Labute approximate surface area is 200 Å². The molecular weight excluding hydrogens is 430 g/mol. The lowest BCUT2D eigenvalue weighted by Crippen LogP contribution is -2.36. The predicted molar refractivity (Wildman–Crippen MR) is 136 cm³/mol. The number of fused-ring (bicyclic) bond motifs is 1. The van der Waals surface area contributed by atoms with E-state index >= 15 is 0 Å². The molecule has 1 fully saturated rings. The molecule has 33 heavy (non-hydrogen) atoms. The summed E-state index contributed by atoms with van der Waals surface area (Å²) in [6, 6.07) is 17.8. The van der Waals surface area contributed by atoms with E-state index in [4.69, 9.17) is 4.98 Å². The Hall–Kier alpha value is -2.60. The lowest BCUT2D eigenvalue weighted by Gasteiger charge is -2.36. The molecule has 5 nitrogen and oxygen atoms in total. The number of nitrogens with zero attached hydrogens (tertiary/aromatic N) is 2. The second-order valence-electron chi connectivity index (χ2n) is 9.33. The fourth-order valence-corrected chi connectivity index (χ4v) is 5.67. The summed E-state index contributed by atoms with van der Waals surface area (Å²) in [5, 5.41) is 4.34. The number of hydrogen-bond donors (Lipinski definition) is 1. The highest BCUT2D eigenvalue weighted by atomic mass is 32.2. The van der Waals surface area contributed by atoms with E-state index in [-0.39, 0.29) is 29.2 Å². The van der Waals surface area contributed by atoms with Crippen LogP contribution in [-0.2, 0) is 4.79 Å². The van der Waals surface area contributed by atoms with Crippen molar-refractivity contribution in [3.8, 4) is 0 Å². The first kappa shape index (κ1) is 23.6. The van der Waals surface area contributed by atoms with Gasteiger partial charge in [0.05, 0.1) is 16.7 Å². The van der Waals surface area contributed by atoms with E-state index in [9.17, 15) is 9.59 Å². The van der Waals surface area contributed by atoms with Gasteiger partial charge in [0.1, 0.15) is 0 Å². The maximum absolute atomic E-state index is 13.5. The van der Waals surface area contributed by atoms with Gasteiger partial charge in [0.25, 0.3) is 5.56 Å². The molecule has 6 heteroatoms. The van der Waals surface area contributed by atoms with Gasteiger partial charge in [0.2, 0.25) is 5.91 Å². The molecule has 0 aliphatic heterocycles. The largest absolute Gasteiger partial charge is 0.355 e. The van der Waals surface area contributed by atoms with Crippen LogP contribution in [0.1, 0.15) is 57.6 Å². The Balaban J connectivity index is 1.53. The number of benzene rings is 2. The molecule has 1 aromatic heterocycles. The number of nitrogens with one attached hydrogen (secondary N) is 1. The van der Waals surface area contributed by atoms with Crippen molar-refractivity contribution >= 4 is 28.6 Å². The molecule has 4 rings (SSSR count). The van der Waals surface area contributed by atoms with Crippen molar-refractivity contribution < 1.29 is 4.79 Å². The number of aromatic nitrogens is 2. The van der Waals surface area contributed by atoms with Crippen LogP contribution in [0.25, 0.3) is 10.9 Å². The SMILES string of the molecule is CC(CNC(=O)CSc1nc2ccccc2c(=O)n1C1CCCC(C)C1C)c1ccccc1. The fourth-order valence-electron chi connectivity index (χ4n) is 4.79. The van der Waals surface area contributed by atoms with Gasteiger partial charge in [-0.25, -0.2) is 4.98 Å². The Bertz CT molecular complexity index is 1160. The lowest BCUT2D eigenvalue weighted by atomic mass is 9.78. The lowest BCUT2D eigenvalue weighted by molar-refractivity contribution is -0.118. The van der Waals surface area contributed by atoms with E-state index in [0.717, 1.165) is 12.8 Å². The Morgan fingerprint density at radius 1 is 1.12 bits per heavy atom. The Kier molecular flexibility index (Phi) is 7.53. The number of para-hydroxylation sites is 1. The molecule has 1 heterocycles. The first-order valence-corrected chi connectivity index (χ1v) is 12.9. The molecule has 1 amide bonds.